The largest absolute Gasteiger partial charge is 0.481 e. The van der Waals surface area contributed by atoms with Gasteiger partial charge in [0.1, 0.15) is 0 Å². The Morgan fingerprint density at radius 3 is 2.40 bits per heavy atom. The zero-order valence-corrected chi connectivity index (χ0v) is 13.2. The molecule has 0 atom stereocenters. The molecular formula is C15H18BrNO3. The minimum absolute atomic E-state index is 0.0203. The molecule has 2 rings (SSSR count). The van der Waals surface area contributed by atoms with E-state index in [1.807, 2.05) is 19.1 Å². The summed E-state index contributed by atoms with van der Waals surface area (Å²) in [4.78, 5) is 25.3. The fourth-order valence-corrected chi connectivity index (χ4v) is 2.62. The SMILES string of the molecule is Cc1cc(C(=O)N2CCC(C)(C(=O)O)CC2)ccc1Br. The molecule has 5 heteroatoms. The van der Waals surface area contributed by atoms with E-state index in [0.29, 0.717) is 31.5 Å². The average Bonchev–Trinajstić information content (AvgIpc) is 2.42. The molecule has 1 aromatic carbocycles. The number of hydrogen-bond acceptors (Lipinski definition) is 2. The summed E-state index contributed by atoms with van der Waals surface area (Å²) >= 11 is 3.42. The molecule has 1 aliphatic rings. The van der Waals surface area contributed by atoms with E-state index in [-0.39, 0.29) is 5.91 Å². The zero-order chi connectivity index (χ0) is 14.9. The Morgan fingerprint density at radius 2 is 1.90 bits per heavy atom. The van der Waals surface area contributed by atoms with E-state index in [2.05, 4.69) is 15.9 Å². The van der Waals surface area contributed by atoms with E-state index in [1.165, 1.54) is 0 Å². The Balaban J connectivity index is 2.08. The predicted octanol–water partition coefficient (Wildman–Crippen LogP) is 3.08. The van der Waals surface area contributed by atoms with Gasteiger partial charge in [0.05, 0.1) is 5.41 Å². The van der Waals surface area contributed by atoms with Crippen LogP contribution in [0.5, 0.6) is 0 Å². The van der Waals surface area contributed by atoms with Crippen molar-refractivity contribution in [2.24, 2.45) is 5.41 Å². The summed E-state index contributed by atoms with van der Waals surface area (Å²) in [6.07, 6.45) is 1.01. The molecule has 108 valence electrons. The molecule has 0 radical (unpaired) electrons. The van der Waals surface area contributed by atoms with Crippen molar-refractivity contribution in [1.29, 1.82) is 0 Å². The molecule has 0 unspecified atom stereocenters. The van der Waals surface area contributed by atoms with Crippen LogP contribution in [-0.2, 0) is 4.79 Å². The molecule has 1 saturated heterocycles. The molecule has 1 N–H and O–H groups in total. The number of piperidine rings is 1. The summed E-state index contributed by atoms with van der Waals surface area (Å²) in [6.45, 7) is 4.69. The van der Waals surface area contributed by atoms with Gasteiger partial charge in [-0.25, -0.2) is 0 Å². The number of aryl methyl sites for hydroxylation is 1. The number of carbonyl (C=O) groups is 2. The molecule has 0 aromatic heterocycles. The van der Waals surface area contributed by atoms with Crippen molar-refractivity contribution in [1.82, 2.24) is 4.90 Å². The number of carbonyl (C=O) groups excluding carboxylic acids is 1. The van der Waals surface area contributed by atoms with Gasteiger partial charge in [0.2, 0.25) is 0 Å². The number of amides is 1. The summed E-state index contributed by atoms with van der Waals surface area (Å²) in [5.41, 5.74) is 0.972. The Bertz CT molecular complexity index is 548. The highest BCUT2D eigenvalue weighted by molar-refractivity contribution is 9.10. The van der Waals surface area contributed by atoms with Crippen LogP contribution < -0.4 is 0 Å². The number of carboxylic acid groups (broad SMARTS) is 1. The van der Waals surface area contributed by atoms with E-state index in [1.54, 1.807) is 17.9 Å². The summed E-state index contributed by atoms with van der Waals surface area (Å²) < 4.78 is 0.978. The van der Waals surface area contributed by atoms with Crippen LogP contribution in [0.1, 0.15) is 35.7 Å². The number of benzene rings is 1. The molecule has 4 nitrogen and oxygen atoms in total. The van der Waals surface area contributed by atoms with Crippen LogP contribution in [0, 0.1) is 12.3 Å². The highest BCUT2D eigenvalue weighted by Crippen LogP contribution is 2.31. The third kappa shape index (κ3) is 2.87. The highest BCUT2D eigenvalue weighted by Gasteiger charge is 2.38. The second kappa shape index (κ2) is 5.56. The van der Waals surface area contributed by atoms with Crippen molar-refractivity contribution < 1.29 is 14.7 Å². The number of aliphatic carboxylic acids is 1. The van der Waals surface area contributed by atoms with E-state index in [4.69, 9.17) is 0 Å². The predicted molar refractivity (Wildman–Crippen MR) is 79.8 cm³/mol. The molecule has 20 heavy (non-hydrogen) atoms. The molecular weight excluding hydrogens is 322 g/mol. The third-order valence-corrected chi connectivity index (χ3v) is 4.97. The fourth-order valence-electron chi connectivity index (χ4n) is 2.38. The van der Waals surface area contributed by atoms with Crippen LogP contribution in [0.15, 0.2) is 22.7 Å². The highest BCUT2D eigenvalue weighted by atomic mass is 79.9. The minimum Gasteiger partial charge on any atom is -0.481 e. The number of rotatable bonds is 2. The lowest BCUT2D eigenvalue weighted by Crippen LogP contribution is -2.45. The molecule has 0 bridgehead atoms. The maximum Gasteiger partial charge on any atom is 0.309 e. The zero-order valence-electron chi connectivity index (χ0n) is 11.6. The van der Waals surface area contributed by atoms with Crippen LogP contribution in [-0.4, -0.2) is 35.0 Å². The smallest absolute Gasteiger partial charge is 0.309 e. The first-order chi connectivity index (χ1) is 9.33. The lowest BCUT2D eigenvalue weighted by Gasteiger charge is -2.36. The lowest BCUT2D eigenvalue weighted by molar-refractivity contribution is -0.150. The second-order valence-electron chi connectivity index (χ2n) is 5.62. The molecule has 1 amide bonds. The van der Waals surface area contributed by atoms with Gasteiger partial charge >= 0.3 is 5.97 Å². The molecule has 1 heterocycles. The minimum atomic E-state index is -0.774. The number of nitrogens with zero attached hydrogens (tertiary/aromatic N) is 1. The normalized spacial score (nSPS) is 17.9. The number of hydrogen-bond donors (Lipinski definition) is 1. The molecule has 0 saturated carbocycles. The van der Waals surface area contributed by atoms with Gasteiger partial charge in [-0.15, -0.1) is 0 Å². The van der Waals surface area contributed by atoms with Gasteiger partial charge in [-0.2, -0.15) is 0 Å². The summed E-state index contributed by atoms with van der Waals surface area (Å²) in [5, 5.41) is 9.20. The molecule has 0 spiro atoms. The van der Waals surface area contributed by atoms with Gasteiger partial charge in [0.25, 0.3) is 5.91 Å². The molecule has 1 aromatic rings. The van der Waals surface area contributed by atoms with Gasteiger partial charge < -0.3 is 10.0 Å². The quantitative estimate of drug-likeness (QED) is 0.900. The van der Waals surface area contributed by atoms with Crippen molar-refractivity contribution in [3.63, 3.8) is 0 Å². The summed E-state index contributed by atoms with van der Waals surface area (Å²) in [5.74, 6) is -0.794. The summed E-state index contributed by atoms with van der Waals surface area (Å²) in [6, 6.07) is 5.52. The third-order valence-electron chi connectivity index (χ3n) is 4.08. The molecule has 1 aliphatic heterocycles. The Hall–Kier alpha value is -1.36. The van der Waals surface area contributed by atoms with E-state index >= 15 is 0 Å². The van der Waals surface area contributed by atoms with Gasteiger partial charge in [0, 0.05) is 23.1 Å². The van der Waals surface area contributed by atoms with Crippen molar-refractivity contribution in [3.05, 3.63) is 33.8 Å². The van der Waals surface area contributed by atoms with E-state index in [0.717, 1.165) is 10.0 Å². The van der Waals surface area contributed by atoms with Crippen LogP contribution in [0.2, 0.25) is 0 Å². The monoisotopic (exact) mass is 339 g/mol. The first-order valence-electron chi connectivity index (χ1n) is 6.62. The summed E-state index contributed by atoms with van der Waals surface area (Å²) in [7, 11) is 0. The van der Waals surface area contributed by atoms with Crippen molar-refractivity contribution >= 4 is 27.8 Å². The maximum absolute atomic E-state index is 12.4. The van der Waals surface area contributed by atoms with Crippen molar-refractivity contribution in [2.75, 3.05) is 13.1 Å². The van der Waals surface area contributed by atoms with Crippen LogP contribution in [0.3, 0.4) is 0 Å². The first-order valence-corrected chi connectivity index (χ1v) is 7.42. The molecule has 0 aliphatic carbocycles. The fraction of sp³-hybridized carbons (Fsp3) is 0.467. The van der Waals surface area contributed by atoms with Crippen molar-refractivity contribution in [3.8, 4) is 0 Å². The maximum atomic E-state index is 12.4. The van der Waals surface area contributed by atoms with Gasteiger partial charge in [-0.1, -0.05) is 15.9 Å². The molecule has 1 fully saturated rings. The van der Waals surface area contributed by atoms with Crippen LogP contribution in [0.25, 0.3) is 0 Å². The first kappa shape index (κ1) is 15.0. The number of carboxylic acids is 1. The standard InChI is InChI=1S/C15H18BrNO3/c1-10-9-11(3-4-12(10)16)13(18)17-7-5-15(2,6-8-17)14(19)20/h3-4,9H,5-8H2,1-2H3,(H,19,20). The number of halogens is 1. The lowest BCUT2D eigenvalue weighted by atomic mass is 9.80. The van der Waals surface area contributed by atoms with Crippen molar-refractivity contribution in [2.45, 2.75) is 26.7 Å². The number of likely N-dealkylation sites (tertiary alicyclic amines) is 1. The van der Waals surface area contributed by atoms with Gasteiger partial charge in [-0.3, -0.25) is 9.59 Å². The Kier molecular flexibility index (Phi) is 4.18. The Labute approximate surface area is 126 Å². The average molecular weight is 340 g/mol. The Morgan fingerprint density at radius 1 is 1.30 bits per heavy atom. The van der Waals surface area contributed by atoms with E-state index in [9.17, 15) is 14.7 Å². The second-order valence-corrected chi connectivity index (χ2v) is 6.48. The van der Waals surface area contributed by atoms with Gasteiger partial charge in [0.15, 0.2) is 0 Å². The van der Waals surface area contributed by atoms with Crippen LogP contribution in [0.4, 0.5) is 0 Å². The van der Waals surface area contributed by atoms with E-state index < -0.39 is 11.4 Å². The topological polar surface area (TPSA) is 57.6 Å². The van der Waals surface area contributed by atoms with Gasteiger partial charge in [-0.05, 0) is 50.5 Å². The van der Waals surface area contributed by atoms with Crippen LogP contribution >= 0.6 is 15.9 Å².